The monoisotopic (exact) mass is 504 g/mol. The fourth-order valence-electron chi connectivity index (χ4n) is 9.10. The van der Waals surface area contributed by atoms with Crippen molar-refractivity contribution in [2.45, 2.75) is 114 Å². The van der Waals surface area contributed by atoms with E-state index >= 15 is 0 Å². The summed E-state index contributed by atoms with van der Waals surface area (Å²) in [6.45, 7) is 0.575. The van der Waals surface area contributed by atoms with Crippen molar-refractivity contribution in [2.24, 2.45) is 11.8 Å². The lowest BCUT2D eigenvalue weighted by Crippen LogP contribution is -2.58. The first-order chi connectivity index (χ1) is 18.1. The van der Waals surface area contributed by atoms with Crippen molar-refractivity contribution < 1.29 is 9.90 Å². The number of anilines is 1. The maximum Gasteiger partial charge on any atom is 0.326 e. The Labute approximate surface area is 218 Å². The van der Waals surface area contributed by atoms with Crippen molar-refractivity contribution in [3.05, 3.63) is 34.6 Å². The Morgan fingerprint density at radius 3 is 2.24 bits per heavy atom. The predicted molar refractivity (Wildman–Crippen MR) is 144 cm³/mol. The molecule has 7 heteroatoms. The quantitative estimate of drug-likeness (QED) is 0.633. The second kappa shape index (κ2) is 9.40. The van der Waals surface area contributed by atoms with E-state index in [1.165, 1.54) is 57.8 Å². The zero-order valence-corrected chi connectivity index (χ0v) is 21.8. The van der Waals surface area contributed by atoms with E-state index in [1.807, 2.05) is 28.8 Å². The molecule has 1 N–H and O–H groups in total. The average Bonchev–Trinajstić information content (AvgIpc) is 3.38. The van der Waals surface area contributed by atoms with Crippen LogP contribution in [0.5, 0.6) is 0 Å². The first kappa shape index (κ1) is 23.7. The molecule has 0 radical (unpaired) electrons. The van der Waals surface area contributed by atoms with E-state index in [1.54, 1.807) is 4.90 Å². The topological polar surface area (TPSA) is 78.7 Å². The molecular formula is C30H40N4O3. The first-order valence-corrected chi connectivity index (χ1v) is 14.8. The van der Waals surface area contributed by atoms with Gasteiger partial charge in [0.2, 0.25) is 0 Å². The van der Waals surface area contributed by atoms with Gasteiger partial charge in [0, 0.05) is 30.7 Å². The minimum atomic E-state index is -0.863. The van der Waals surface area contributed by atoms with Crippen LogP contribution in [0.4, 0.5) is 5.82 Å². The first-order valence-electron chi connectivity index (χ1n) is 14.8. The molecule has 1 aromatic carbocycles. The molecule has 5 fully saturated rings. The number of rotatable bonds is 4. The molecular weight excluding hydrogens is 464 g/mol. The van der Waals surface area contributed by atoms with E-state index in [9.17, 15) is 14.7 Å². The lowest BCUT2D eigenvalue weighted by atomic mass is 9.68. The van der Waals surface area contributed by atoms with Crippen LogP contribution in [0.25, 0.3) is 11.0 Å². The smallest absolute Gasteiger partial charge is 0.326 e. The number of carboxylic acids is 1. The van der Waals surface area contributed by atoms with E-state index in [2.05, 4.69) is 4.90 Å². The third kappa shape index (κ3) is 4.08. The molecule has 2 aromatic rings. The molecule has 7 atom stereocenters. The summed E-state index contributed by atoms with van der Waals surface area (Å²) >= 11 is 0. The number of hydrogen-bond donors (Lipinski definition) is 1. The Morgan fingerprint density at radius 2 is 1.51 bits per heavy atom. The van der Waals surface area contributed by atoms with Gasteiger partial charge in [-0.15, -0.1) is 0 Å². The maximum absolute atomic E-state index is 14.1. The minimum Gasteiger partial charge on any atom is -0.480 e. The fraction of sp³-hybridized carbons (Fsp3) is 0.700. The molecule has 4 heterocycles. The molecule has 3 aliphatic heterocycles. The van der Waals surface area contributed by atoms with Gasteiger partial charge in [-0.25, -0.2) is 9.78 Å². The predicted octanol–water partition coefficient (Wildman–Crippen LogP) is 4.98. The van der Waals surface area contributed by atoms with Gasteiger partial charge in [-0.3, -0.25) is 9.69 Å². The van der Waals surface area contributed by atoms with Crippen LogP contribution in [0.2, 0.25) is 0 Å². The number of benzene rings is 1. The number of aliphatic carboxylic acids is 1. The maximum atomic E-state index is 14.1. The SMILES string of the molecule is O=C(O)[C@@H]1CCCN1c1nc2ccccc2n(C2C[C@H]3CCC[C@@H](C2)N3C2C[C@H]3CCC[C@@H](C2)C3)c1=O. The normalized spacial score (nSPS) is 36.1. The molecule has 7 rings (SSSR count). The summed E-state index contributed by atoms with van der Waals surface area (Å²) in [7, 11) is 0. The van der Waals surface area contributed by atoms with Gasteiger partial charge in [0.1, 0.15) is 6.04 Å². The van der Waals surface area contributed by atoms with E-state index in [0.717, 1.165) is 48.2 Å². The van der Waals surface area contributed by atoms with Gasteiger partial charge in [-0.05, 0) is 81.8 Å². The zero-order valence-electron chi connectivity index (χ0n) is 21.8. The second-order valence-electron chi connectivity index (χ2n) is 12.6. The van der Waals surface area contributed by atoms with Crippen LogP contribution >= 0.6 is 0 Å². The van der Waals surface area contributed by atoms with Crippen molar-refractivity contribution in [2.75, 3.05) is 11.4 Å². The van der Waals surface area contributed by atoms with Crippen LogP contribution in [0.3, 0.4) is 0 Å². The third-order valence-electron chi connectivity index (χ3n) is 10.5. The highest BCUT2D eigenvalue weighted by Gasteiger charge is 2.45. The molecule has 0 amide bonds. The molecule has 4 bridgehead atoms. The van der Waals surface area contributed by atoms with Gasteiger partial charge < -0.3 is 14.6 Å². The molecule has 5 aliphatic rings. The van der Waals surface area contributed by atoms with E-state index in [4.69, 9.17) is 4.98 Å². The van der Waals surface area contributed by atoms with Crippen LogP contribution in [0.1, 0.15) is 89.5 Å². The summed E-state index contributed by atoms with van der Waals surface area (Å²) in [5.41, 5.74) is 1.59. The summed E-state index contributed by atoms with van der Waals surface area (Å²) in [5.74, 6) is 1.32. The lowest BCUT2D eigenvalue weighted by molar-refractivity contribution is -0.138. The number of carbonyl (C=O) groups is 1. The molecule has 2 saturated carbocycles. The Bertz CT molecular complexity index is 1220. The van der Waals surface area contributed by atoms with Crippen LogP contribution in [-0.2, 0) is 4.79 Å². The summed E-state index contributed by atoms with van der Waals surface area (Å²) in [5, 5.41) is 9.80. The minimum absolute atomic E-state index is 0.101. The van der Waals surface area contributed by atoms with Gasteiger partial charge in [0.25, 0.3) is 5.56 Å². The van der Waals surface area contributed by atoms with Crippen molar-refractivity contribution in [1.82, 2.24) is 14.5 Å². The number of piperidine rings is 2. The van der Waals surface area contributed by atoms with E-state index < -0.39 is 12.0 Å². The highest BCUT2D eigenvalue weighted by Crippen LogP contribution is 2.47. The number of carboxylic acid groups (broad SMARTS) is 1. The molecule has 3 saturated heterocycles. The summed E-state index contributed by atoms with van der Waals surface area (Å²) < 4.78 is 2.02. The zero-order chi connectivity index (χ0) is 25.1. The van der Waals surface area contributed by atoms with Gasteiger partial charge in [0.15, 0.2) is 5.82 Å². The van der Waals surface area contributed by atoms with Crippen LogP contribution in [0, 0.1) is 11.8 Å². The van der Waals surface area contributed by atoms with Gasteiger partial charge in [-0.2, -0.15) is 0 Å². The Kier molecular flexibility index (Phi) is 6.02. The standard InChI is InChI=1S/C30H40N4O3/c35-29-28(32-13-5-12-27(32)30(36)37)31-25-10-1-2-11-26(25)34(29)24-17-21-8-4-9-22(18-24)33(21)23-15-19-6-3-7-20(14-19)16-23/h1-2,10-11,19-24,27H,3-9,12-18H2,(H,36,37)/t19-,20+,21-,22+,23?,24?,27-/m0/s1. The molecule has 2 aliphatic carbocycles. The van der Waals surface area contributed by atoms with Crippen molar-refractivity contribution in [1.29, 1.82) is 0 Å². The van der Waals surface area contributed by atoms with Crippen LogP contribution in [0.15, 0.2) is 29.1 Å². The summed E-state index contributed by atoms with van der Waals surface area (Å²) in [6, 6.07) is 9.23. The Morgan fingerprint density at radius 1 is 0.811 bits per heavy atom. The van der Waals surface area contributed by atoms with Crippen molar-refractivity contribution >= 4 is 22.8 Å². The summed E-state index contributed by atoms with van der Waals surface area (Å²) in [6.07, 6.45) is 15.6. The fourth-order valence-corrected chi connectivity index (χ4v) is 9.10. The Hall–Kier alpha value is -2.41. The third-order valence-corrected chi connectivity index (χ3v) is 10.5. The number of nitrogens with zero attached hydrogens (tertiary/aromatic N) is 4. The molecule has 198 valence electrons. The van der Waals surface area contributed by atoms with Crippen LogP contribution < -0.4 is 10.5 Å². The molecule has 7 nitrogen and oxygen atoms in total. The van der Waals surface area contributed by atoms with Gasteiger partial charge in [0.05, 0.1) is 11.0 Å². The lowest BCUT2D eigenvalue weighted by Gasteiger charge is -2.55. The molecule has 0 spiro atoms. The molecule has 37 heavy (non-hydrogen) atoms. The van der Waals surface area contributed by atoms with Crippen molar-refractivity contribution in [3.63, 3.8) is 0 Å². The highest BCUT2D eigenvalue weighted by molar-refractivity contribution is 5.80. The largest absolute Gasteiger partial charge is 0.480 e. The molecule has 2 unspecified atom stereocenters. The number of aromatic nitrogens is 2. The van der Waals surface area contributed by atoms with E-state index in [-0.39, 0.29) is 11.6 Å². The second-order valence-corrected chi connectivity index (χ2v) is 12.6. The van der Waals surface area contributed by atoms with E-state index in [0.29, 0.717) is 30.9 Å². The summed E-state index contributed by atoms with van der Waals surface area (Å²) in [4.78, 5) is 35.5. The van der Waals surface area contributed by atoms with Crippen LogP contribution in [-0.4, -0.2) is 56.2 Å². The number of fused-ring (bicyclic) bond motifs is 5. The highest BCUT2D eigenvalue weighted by atomic mass is 16.4. The van der Waals surface area contributed by atoms with Gasteiger partial charge >= 0.3 is 5.97 Å². The van der Waals surface area contributed by atoms with Gasteiger partial charge in [-0.1, -0.05) is 37.8 Å². The van der Waals surface area contributed by atoms with Crippen molar-refractivity contribution in [3.8, 4) is 0 Å². The molecule has 1 aromatic heterocycles. The Balaban J connectivity index is 1.24. The number of hydrogen-bond acceptors (Lipinski definition) is 5. The number of para-hydroxylation sites is 2. The average molecular weight is 505 g/mol.